The maximum atomic E-state index is 12.8. The van der Waals surface area contributed by atoms with Gasteiger partial charge >= 0.3 is 12.1 Å². The molecule has 0 bridgehead atoms. The number of phenols is 1. The van der Waals surface area contributed by atoms with Crippen molar-refractivity contribution >= 4 is 17.6 Å². The molecular weight excluding hydrogens is 297 g/mol. The molecule has 1 aromatic rings. The molecule has 7 heteroatoms. The third-order valence-electron chi connectivity index (χ3n) is 3.77. The number of aromatic hydroxyl groups is 1. The van der Waals surface area contributed by atoms with Gasteiger partial charge in [-0.05, 0) is 25.0 Å². The van der Waals surface area contributed by atoms with Crippen LogP contribution in [0.4, 0.5) is 13.2 Å². The average molecular weight is 309 g/mol. The van der Waals surface area contributed by atoms with Crippen molar-refractivity contribution in [2.45, 2.75) is 37.3 Å². The predicted molar refractivity (Wildman–Crippen MR) is 65.9 cm³/mol. The monoisotopic (exact) mass is 308 g/mol. The molecule has 1 aliphatic carbocycles. The minimum absolute atomic E-state index is 0.188. The second kappa shape index (κ2) is 4.84. The molecule has 0 atom stereocenters. The Labute approximate surface area is 118 Å². The van der Waals surface area contributed by atoms with Crippen molar-refractivity contribution in [2.75, 3.05) is 0 Å². The van der Waals surface area contributed by atoms with Crippen LogP contribution in [0.25, 0.3) is 0 Å². The fourth-order valence-electron chi connectivity index (χ4n) is 2.70. The van der Waals surface area contributed by atoms with Gasteiger partial charge in [-0.25, -0.2) is 0 Å². The molecule has 0 amide bonds. The van der Waals surface area contributed by atoms with Gasteiger partial charge in [-0.3, -0.25) is 4.79 Å². The highest BCUT2D eigenvalue weighted by atomic mass is 35.5. The van der Waals surface area contributed by atoms with Crippen LogP contribution in [0.1, 0.15) is 36.8 Å². The molecule has 0 saturated heterocycles. The summed E-state index contributed by atoms with van der Waals surface area (Å²) in [6.07, 6.45) is -3.11. The van der Waals surface area contributed by atoms with Gasteiger partial charge in [0.1, 0.15) is 5.75 Å². The largest absolute Gasteiger partial charge is 0.506 e. The Hall–Kier alpha value is -1.43. The number of carboxylic acid groups (broad SMARTS) is 1. The summed E-state index contributed by atoms with van der Waals surface area (Å²) in [4.78, 5) is 11.5. The minimum atomic E-state index is -4.65. The highest BCUT2D eigenvalue weighted by Gasteiger charge is 2.46. The van der Waals surface area contributed by atoms with E-state index in [1.807, 2.05) is 0 Å². The van der Waals surface area contributed by atoms with Gasteiger partial charge in [-0.1, -0.05) is 24.4 Å². The zero-order chi connectivity index (χ0) is 15.1. The summed E-state index contributed by atoms with van der Waals surface area (Å²) in [5.74, 6) is -1.82. The van der Waals surface area contributed by atoms with Crippen LogP contribution in [-0.4, -0.2) is 16.2 Å². The minimum Gasteiger partial charge on any atom is -0.506 e. The molecule has 0 spiro atoms. The normalized spacial score (nSPS) is 18.2. The molecule has 0 aromatic heterocycles. The third kappa shape index (κ3) is 2.32. The van der Waals surface area contributed by atoms with Gasteiger partial charge in [-0.2, -0.15) is 13.2 Å². The smallest absolute Gasteiger partial charge is 0.416 e. The van der Waals surface area contributed by atoms with Gasteiger partial charge in [0, 0.05) is 5.56 Å². The number of aliphatic carboxylic acids is 1. The van der Waals surface area contributed by atoms with E-state index < -0.39 is 33.9 Å². The second-order valence-electron chi connectivity index (χ2n) is 4.95. The van der Waals surface area contributed by atoms with E-state index in [4.69, 9.17) is 11.6 Å². The van der Waals surface area contributed by atoms with Crippen molar-refractivity contribution in [2.24, 2.45) is 0 Å². The zero-order valence-electron chi connectivity index (χ0n) is 10.3. The Morgan fingerprint density at radius 3 is 2.25 bits per heavy atom. The Kier molecular flexibility index (Phi) is 3.62. The predicted octanol–water partition coefficient (Wildman–Crippen LogP) is 3.96. The van der Waals surface area contributed by atoms with Crippen LogP contribution in [0.15, 0.2) is 12.1 Å². The van der Waals surface area contributed by atoms with Crippen LogP contribution < -0.4 is 0 Å². The van der Waals surface area contributed by atoms with Gasteiger partial charge in [0.2, 0.25) is 0 Å². The first kappa shape index (κ1) is 15.0. The van der Waals surface area contributed by atoms with Crippen molar-refractivity contribution in [1.82, 2.24) is 0 Å². The molecule has 0 heterocycles. The van der Waals surface area contributed by atoms with E-state index in [2.05, 4.69) is 0 Å². The van der Waals surface area contributed by atoms with Crippen LogP contribution in [0, 0.1) is 0 Å². The maximum Gasteiger partial charge on any atom is 0.416 e. The van der Waals surface area contributed by atoms with Crippen LogP contribution >= 0.6 is 11.6 Å². The van der Waals surface area contributed by atoms with Crippen LogP contribution in [0.3, 0.4) is 0 Å². The Morgan fingerprint density at radius 1 is 1.25 bits per heavy atom. The first-order chi connectivity index (χ1) is 9.18. The topological polar surface area (TPSA) is 57.5 Å². The molecule has 0 aliphatic heterocycles. The molecule has 3 nitrogen and oxygen atoms in total. The Morgan fingerprint density at radius 2 is 1.80 bits per heavy atom. The SMILES string of the molecule is O=C(O)C1(c2cc(C(F)(F)F)cc(Cl)c2O)CCCC1. The van der Waals surface area contributed by atoms with Gasteiger partial charge in [0.05, 0.1) is 16.0 Å². The van der Waals surface area contributed by atoms with Crippen LogP contribution in [0.5, 0.6) is 5.75 Å². The number of carboxylic acids is 1. The zero-order valence-corrected chi connectivity index (χ0v) is 11.1. The number of phenolic OH excluding ortho intramolecular Hbond substituents is 1. The van der Waals surface area contributed by atoms with E-state index in [1.54, 1.807) is 0 Å². The molecule has 20 heavy (non-hydrogen) atoms. The van der Waals surface area contributed by atoms with Crippen LogP contribution in [0.2, 0.25) is 5.02 Å². The molecule has 110 valence electrons. The first-order valence-electron chi connectivity index (χ1n) is 6.02. The number of benzene rings is 1. The molecule has 2 rings (SSSR count). The molecule has 0 unspecified atom stereocenters. The number of rotatable bonds is 2. The summed E-state index contributed by atoms with van der Waals surface area (Å²) in [5, 5.41) is 18.8. The molecule has 0 radical (unpaired) electrons. The number of alkyl halides is 3. The fourth-order valence-corrected chi connectivity index (χ4v) is 2.92. The Bertz CT molecular complexity index is 549. The van der Waals surface area contributed by atoms with Crippen molar-refractivity contribution in [1.29, 1.82) is 0 Å². The van der Waals surface area contributed by atoms with Gasteiger partial charge in [0.15, 0.2) is 0 Å². The number of carbonyl (C=O) groups is 1. The standard InChI is InChI=1S/C13H12ClF3O3/c14-9-6-7(13(15,16)17)5-8(10(9)18)12(11(19)20)3-1-2-4-12/h5-6,18H,1-4H2,(H,19,20). The lowest BCUT2D eigenvalue weighted by Crippen LogP contribution is -2.33. The molecule has 1 aliphatic rings. The van der Waals surface area contributed by atoms with Crippen molar-refractivity contribution in [3.8, 4) is 5.75 Å². The quantitative estimate of drug-likeness (QED) is 0.869. The average Bonchev–Trinajstić information content (AvgIpc) is 2.81. The molecular formula is C13H12ClF3O3. The van der Waals surface area contributed by atoms with E-state index in [-0.39, 0.29) is 18.4 Å². The summed E-state index contributed by atoms with van der Waals surface area (Å²) < 4.78 is 38.4. The third-order valence-corrected chi connectivity index (χ3v) is 4.06. The second-order valence-corrected chi connectivity index (χ2v) is 5.35. The van der Waals surface area contributed by atoms with E-state index in [0.717, 1.165) is 0 Å². The first-order valence-corrected chi connectivity index (χ1v) is 6.40. The highest BCUT2D eigenvalue weighted by Crippen LogP contribution is 2.48. The lowest BCUT2D eigenvalue weighted by atomic mass is 9.78. The lowest BCUT2D eigenvalue weighted by Gasteiger charge is -2.26. The summed E-state index contributed by atoms with van der Waals surface area (Å²) in [5.41, 5.74) is -2.79. The van der Waals surface area contributed by atoms with E-state index in [0.29, 0.717) is 25.0 Å². The summed E-state index contributed by atoms with van der Waals surface area (Å²) in [7, 11) is 0. The van der Waals surface area contributed by atoms with E-state index in [9.17, 15) is 28.2 Å². The highest BCUT2D eigenvalue weighted by molar-refractivity contribution is 6.32. The summed E-state index contributed by atoms with van der Waals surface area (Å²) in [6.45, 7) is 0. The number of hydrogen-bond acceptors (Lipinski definition) is 2. The van der Waals surface area contributed by atoms with E-state index >= 15 is 0 Å². The van der Waals surface area contributed by atoms with Gasteiger partial charge < -0.3 is 10.2 Å². The molecule has 1 fully saturated rings. The summed E-state index contributed by atoms with van der Waals surface area (Å²) >= 11 is 5.63. The van der Waals surface area contributed by atoms with Crippen molar-refractivity contribution in [3.63, 3.8) is 0 Å². The Balaban J connectivity index is 2.66. The van der Waals surface area contributed by atoms with E-state index in [1.165, 1.54) is 0 Å². The van der Waals surface area contributed by atoms with Crippen molar-refractivity contribution in [3.05, 3.63) is 28.3 Å². The molecule has 1 aromatic carbocycles. The lowest BCUT2D eigenvalue weighted by molar-refractivity contribution is -0.144. The van der Waals surface area contributed by atoms with Gasteiger partial charge in [-0.15, -0.1) is 0 Å². The number of halogens is 4. The van der Waals surface area contributed by atoms with Crippen molar-refractivity contribution < 1.29 is 28.2 Å². The molecule has 2 N–H and O–H groups in total. The number of hydrogen-bond donors (Lipinski definition) is 2. The van der Waals surface area contributed by atoms with Crippen LogP contribution in [-0.2, 0) is 16.4 Å². The van der Waals surface area contributed by atoms with Gasteiger partial charge in [0.25, 0.3) is 0 Å². The summed E-state index contributed by atoms with van der Waals surface area (Å²) in [6, 6.07) is 1.30. The fraction of sp³-hybridized carbons (Fsp3) is 0.462. The maximum absolute atomic E-state index is 12.8. The molecule has 1 saturated carbocycles.